The van der Waals surface area contributed by atoms with Crippen molar-refractivity contribution in [3.05, 3.63) is 51.5 Å². The molecule has 0 bridgehead atoms. The molecular weight excluding hydrogens is 271 g/mol. The molecule has 0 N–H and O–H groups in total. The summed E-state index contributed by atoms with van der Waals surface area (Å²) in [4.78, 5) is 2.28. The minimum Gasteiger partial charge on any atom is -0.496 e. The van der Waals surface area contributed by atoms with E-state index in [1.54, 1.807) is 24.5 Å². The second-order valence-corrected chi connectivity index (χ2v) is 5.54. The first kappa shape index (κ1) is 13.4. The van der Waals surface area contributed by atoms with Gasteiger partial charge in [0.1, 0.15) is 11.6 Å². The highest BCUT2D eigenvalue weighted by atomic mass is 35.5. The van der Waals surface area contributed by atoms with Crippen LogP contribution in [0.3, 0.4) is 0 Å². The molecule has 1 atom stereocenters. The van der Waals surface area contributed by atoms with Gasteiger partial charge in [0.15, 0.2) is 0 Å². The smallest absolute Gasteiger partial charge is 0.124 e. The average molecular weight is 285 g/mol. The Morgan fingerprint density at radius 3 is 2.72 bits per heavy atom. The minimum atomic E-state index is -0.374. The zero-order valence-electron chi connectivity index (χ0n) is 10.2. The van der Waals surface area contributed by atoms with Gasteiger partial charge in [-0.1, -0.05) is 6.92 Å². The van der Waals surface area contributed by atoms with Gasteiger partial charge in [0, 0.05) is 15.3 Å². The zero-order chi connectivity index (χ0) is 13.1. The van der Waals surface area contributed by atoms with E-state index in [1.165, 1.54) is 17.0 Å². The number of aryl methyl sites for hydroxylation is 1. The van der Waals surface area contributed by atoms with Crippen molar-refractivity contribution in [2.75, 3.05) is 7.11 Å². The molecule has 96 valence electrons. The van der Waals surface area contributed by atoms with E-state index in [9.17, 15) is 4.39 Å². The Morgan fingerprint density at radius 2 is 2.11 bits per heavy atom. The van der Waals surface area contributed by atoms with Gasteiger partial charge in [-0.25, -0.2) is 4.39 Å². The molecule has 0 fully saturated rings. The van der Waals surface area contributed by atoms with Crippen molar-refractivity contribution in [3.8, 4) is 5.75 Å². The van der Waals surface area contributed by atoms with Gasteiger partial charge in [0.25, 0.3) is 0 Å². The van der Waals surface area contributed by atoms with E-state index in [-0.39, 0.29) is 11.2 Å². The number of ether oxygens (including phenoxy) is 1. The third-order valence-corrected chi connectivity index (χ3v) is 4.64. The summed E-state index contributed by atoms with van der Waals surface area (Å²) in [6.45, 7) is 2.10. The molecule has 0 saturated carbocycles. The Bertz CT molecular complexity index is 538. The Labute approximate surface area is 115 Å². The van der Waals surface area contributed by atoms with Crippen LogP contribution in [-0.2, 0) is 6.42 Å². The van der Waals surface area contributed by atoms with E-state index >= 15 is 0 Å². The first-order valence-corrected chi connectivity index (χ1v) is 6.97. The summed E-state index contributed by atoms with van der Waals surface area (Å²) in [5, 5.41) is -0.374. The SMILES string of the molecule is CCc1ccc(C(Cl)c2cc(F)ccc2OC)s1. The summed E-state index contributed by atoms with van der Waals surface area (Å²) >= 11 is 8.07. The molecule has 0 aliphatic carbocycles. The number of alkyl halides is 1. The summed E-state index contributed by atoms with van der Waals surface area (Å²) in [5.74, 6) is 0.312. The van der Waals surface area contributed by atoms with Gasteiger partial charge in [-0.2, -0.15) is 0 Å². The molecule has 1 nitrogen and oxygen atoms in total. The van der Waals surface area contributed by atoms with Crippen molar-refractivity contribution >= 4 is 22.9 Å². The van der Waals surface area contributed by atoms with Crippen LogP contribution in [0.4, 0.5) is 4.39 Å². The normalized spacial score (nSPS) is 12.4. The quantitative estimate of drug-likeness (QED) is 0.734. The largest absolute Gasteiger partial charge is 0.496 e. The van der Waals surface area contributed by atoms with Crippen LogP contribution in [0.25, 0.3) is 0 Å². The number of rotatable bonds is 4. The standard InChI is InChI=1S/C14H14ClFOS/c1-3-10-5-7-13(18-10)14(15)11-8-9(16)4-6-12(11)17-2/h4-8,14H,3H2,1-2H3. The molecule has 0 saturated heterocycles. The van der Waals surface area contributed by atoms with Crippen molar-refractivity contribution in [3.63, 3.8) is 0 Å². The Kier molecular flexibility index (Phi) is 4.25. The van der Waals surface area contributed by atoms with Crippen molar-refractivity contribution in [1.29, 1.82) is 0 Å². The molecule has 2 rings (SSSR count). The molecule has 4 heteroatoms. The van der Waals surface area contributed by atoms with Crippen LogP contribution in [0.15, 0.2) is 30.3 Å². The highest BCUT2D eigenvalue weighted by Crippen LogP contribution is 2.38. The van der Waals surface area contributed by atoms with Crippen LogP contribution in [0, 0.1) is 5.82 Å². The van der Waals surface area contributed by atoms with Crippen LogP contribution in [-0.4, -0.2) is 7.11 Å². The number of methoxy groups -OCH3 is 1. The molecule has 1 aromatic carbocycles. The van der Waals surface area contributed by atoms with Gasteiger partial charge in [-0.15, -0.1) is 22.9 Å². The molecule has 0 amide bonds. The zero-order valence-corrected chi connectivity index (χ0v) is 11.8. The Hall–Kier alpha value is -1.06. The van der Waals surface area contributed by atoms with Gasteiger partial charge in [0.2, 0.25) is 0 Å². The molecule has 0 aliphatic rings. The number of hydrogen-bond donors (Lipinski definition) is 0. The molecule has 0 radical (unpaired) electrons. The molecule has 0 spiro atoms. The van der Waals surface area contributed by atoms with Gasteiger partial charge in [-0.05, 0) is 36.8 Å². The Morgan fingerprint density at radius 1 is 1.33 bits per heavy atom. The molecule has 18 heavy (non-hydrogen) atoms. The van der Waals surface area contributed by atoms with Crippen molar-refractivity contribution in [1.82, 2.24) is 0 Å². The van der Waals surface area contributed by atoms with Crippen LogP contribution >= 0.6 is 22.9 Å². The third-order valence-electron chi connectivity index (χ3n) is 2.75. The summed E-state index contributed by atoms with van der Waals surface area (Å²) in [5.41, 5.74) is 0.670. The van der Waals surface area contributed by atoms with E-state index in [0.29, 0.717) is 11.3 Å². The summed E-state index contributed by atoms with van der Waals surface area (Å²) in [6.07, 6.45) is 0.981. The van der Waals surface area contributed by atoms with E-state index in [1.807, 2.05) is 6.07 Å². The van der Waals surface area contributed by atoms with E-state index in [4.69, 9.17) is 16.3 Å². The first-order chi connectivity index (χ1) is 8.65. The monoisotopic (exact) mass is 284 g/mol. The predicted molar refractivity (Wildman–Crippen MR) is 74.3 cm³/mol. The number of benzene rings is 1. The van der Waals surface area contributed by atoms with E-state index < -0.39 is 0 Å². The fraction of sp³-hybridized carbons (Fsp3) is 0.286. The van der Waals surface area contributed by atoms with E-state index in [0.717, 1.165) is 11.3 Å². The van der Waals surface area contributed by atoms with Crippen molar-refractivity contribution in [2.45, 2.75) is 18.7 Å². The van der Waals surface area contributed by atoms with Crippen LogP contribution in [0.2, 0.25) is 0 Å². The fourth-order valence-electron chi connectivity index (χ4n) is 1.78. The Balaban J connectivity index is 2.38. The van der Waals surface area contributed by atoms with Crippen LogP contribution < -0.4 is 4.74 Å². The lowest BCUT2D eigenvalue weighted by molar-refractivity contribution is 0.409. The van der Waals surface area contributed by atoms with Gasteiger partial charge >= 0.3 is 0 Å². The second-order valence-electron chi connectivity index (χ2n) is 3.91. The maximum atomic E-state index is 13.3. The lowest BCUT2D eigenvalue weighted by Crippen LogP contribution is -1.96. The second kappa shape index (κ2) is 5.72. The van der Waals surface area contributed by atoms with E-state index in [2.05, 4.69) is 13.0 Å². The maximum absolute atomic E-state index is 13.3. The fourth-order valence-corrected chi connectivity index (χ4v) is 3.10. The summed E-state index contributed by atoms with van der Waals surface area (Å²) in [6, 6.07) is 8.46. The maximum Gasteiger partial charge on any atom is 0.124 e. The van der Waals surface area contributed by atoms with Crippen molar-refractivity contribution in [2.24, 2.45) is 0 Å². The minimum absolute atomic E-state index is 0.302. The molecule has 2 aromatic rings. The lowest BCUT2D eigenvalue weighted by atomic mass is 10.1. The average Bonchev–Trinajstić information content (AvgIpc) is 2.86. The van der Waals surface area contributed by atoms with Crippen LogP contribution in [0.5, 0.6) is 5.75 Å². The molecule has 1 heterocycles. The summed E-state index contributed by atoms with van der Waals surface area (Å²) < 4.78 is 18.5. The number of hydrogen-bond acceptors (Lipinski definition) is 2. The molecule has 1 unspecified atom stereocenters. The number of thiophene rings is 1. The molecular formula is C14H14ClFOS. The first-order valence-electron chi connectivity index (χ1n) is 5.71. The van der Waals surface area contributed by atoms with Gasteiger partial charge in [-0.3, -0.25) is 0 Å². The highest BCUT2D eigenvalue weighted by molar-refractivity contribution is 7.12. The van der Waals surface area contributed by atoms with Crippen molar-refractivity contribution < 1.29 is 9.13 Å². The third kappa shape index (κ3) is 2.68. The summed E-state index contributed by atoms with van der Waals surface area (Å²) in [7, 11) is 1.56. The van der Waals surface area contributed by atoms with Gasteiger partial charge in [0.05, 0.1) is 12.5 Å². The topological polar surface area (TPSA) is 9.23 Å². The van der Waals surface area contributed by atoms with Crippen LogP contribution in [0.1, 0.15) is 27.6 Å². The van der Waals surface area contributed by atoms with Gasteiger partial charge < -0.3 is 4.74 Å². The molecule has 0 aliphatic heterocycles. The predicted octanol–water partition coefficient (Wildman–Crippen LogP) is 4.79. The lowest BCUT2D eigenvalue weighted by Gasteiger charge is -2.12. The highest BCUT2D eigenvalue weighted by Gasteiger charge is 2.18. The molecule has 1 aromatic heterocycles. The number of halogens is 2.